The summed E-state index contributed by atoms with van der Waals surface area (Å²) in [6.45, 7) is -0.294. The standard InChI is InChI=1S/C10H7BrClFN4O2/c11-9-15-10(17-16-9)14-8(18)4-19-7-2-1-5(13)3-6(7)12/h1-3H,4H2,(H2,14,15,16,17,18). The number of aromatic nitrogens is 3. The van der Waals surface area contributed by atoms with Crippen molar-refractivity contribution in [3.05, 3.63) is 33.8 Å². The molecule has 0 aliphatic heterocycles. The van der Waals surface area contributed by atoms with E-state index in [4.69, 9.17) is 16.3 Å². The largest absolute Gasteiger partial charge is 0.482 e. The maximum absolute atomic E-state index is 12.8. The minimum absolute atomic E-state index is 0.0911. The number of halogens is 3. The molecule has 0 saturated carbocycles. The average molecular weight is 350 g/mol. The average Bonchev–Trinajstić information content (AvgIpc) is 2.73. The molecule has 0 saturated heterocycles. The second kappa shape index (κ2) is 5.98. The number of H-pyrrole nitrogens is 1. The van der Waals surface area contributed by atoms with Gasteiger partial charge >= 0.3 is 0 Å². The zero-order valence-corrected chi connectivity index (χ0v) is 11.6. The molecule has 19 heavy (non-hydrogen) atoms. The van der Waals surface area contributed by atoms with Crippen molar-refractivity contribution >= 4 is 39.4 Å². The van der Waals surface area contributed by atoms with Crippen molar-refractivity contribution in [1.82, 2.24) is 15.2 Å². The molecule has 0 radical (unpaired) electrons. The Bertz CT molecular complexity index is 607. The molecule has 6 nitrogen and oxygen atoms in total. The summed E-state index contributed by atoms with van der Waals surface area (Å²) in [5.74, 6) is -0.612. The van der Waals surface area contributed by atoms with Crippen molar-refractivity contribution in [2.45, 2.75) is 0 Å². The predicted molar refractivity (Wildman–Crippen MR) is 69.6 cm³/mol. The fraction of sp³-hybridized carbons (Fsp3) is 0.100. The summed E-state index contributed by atoms with van der Waals surface area (Å²) in [6.07, 6.45) is 0. The number of carbonyl (C=O) groups excluding carboxylic acids is 1. The molecule has 0 spiro atoms. The number of amides is 1. The first-order chi connectivity index (χ1) is 9.04. The second-order valence-electron chi connectivity index (χ2n) is 3.36. The van der Waals surface area contributed by atoms with E-state index in [1.165, 1.54) is 12.1 Å². The van der Waals surface area contributed by atoms with Crippen LogP contribution in [-0.2, 0) is 4.79 Å². The number of anilines is 1. The number of nitrogens with one attached hydrogen (secondary N) is 2. The van der Waals surface area contributed by atoms with E-state index in [-0.39, 0.29) is 23.3 Å². The minimum Gasteiger partial charge on any atom is -0.482 e. The Morgan fingerprint density at radius 2 is 2.37 bits per heavy atom. The summed E-state index contributed by atoms with van der Waals surface area (Å²) in [6, 6.07) is 3.63. The Balaban J connectivity index is 1.89. The monoisotopic (exact) mass is 348 g/mol. The van der Waals surface area contributed by atoms with E-state index < -0.39 is 11.7 Å². The van der Waals surface area contributed by atoms with Crippen molar-refractivity contribution < 1.29 is 13.9 Å². The summed E-state index contributed by atoms with van der Waals surface area (Å²) >= 11 is 8.79. The highest BCUT2D eigenvalue weighted by molar-refractivity contribution is 9.10. The number of hydrogen-bond donors (Lipinski definition) is 2. The summed E-state index contributed by atoms with van der Waals surface area (Å²) in [4.78, 5) is 15.3. The molecular formula is C10H7BrClFN4O2. The number of ether oxygens (including phenoxy) is 1. The molecule has 0 atom stereocenters. The Morgan fingerprint density at radius 3 is 3.00 bits per heavy atom. The predicted octanol–water partition coefficient (Wildman–Crippen LogP) is 2.38. The number of benzene rings is 1. The van der Waals surface area contributed by atoms with Crippen LogP contribution in [0.15, 0.2) is 22.9 Å². The zero-order chi connectivity index (χ0) is 13.8. The van der Waals surface area contributed by atoms with Gasteiger partial charge in [0.15, 0.2) is 11.3 Å². The van der Waals surface area contributed by atoms with E-state index in [1.54, 1.807) is 0 Å². The van der Waals surface area contributed by atoms with Crippen LogP contribution in [0.4, 0.5) is 10.3 Å². The maximum Gasteiger partial charge on any atom is 0.264 e. The van der Waals surface area contributed by atoms with Crippen LogP contribution in [0.1, 0.15) is 0 Å². The molecule has 2 N–H and O–H groups in total. The molecule has 1 amide bonds. The number of carbonyl (C=O) groups is 1. The van der Waals surface area contributed by atoms with E-state index in [0.717, 1.165) is 6.07 Å². The normalized spacial score (nSPS) is 10.3. The number of nitrogens with zero attached hydrogens (tertiary/aromatic N) is 2. The first kappa shape index (κ1) is 13.8. The van der Waals surface area contributed by atoms with Crippen molar-refractivity contribution in [2.75, 3.05) is 11.9 Å². The van der Waals surface area contributed by atoms with E-state index in [9.17, 15) is 9.18 Å². The lowest BCUT2D eigenvalue weighted by Crippen LogP contribution is -2.21. The van der Waals surface area contributed by atoms with Crippen LogP contribution in [0, 0.1) is 5.82 Å². The van der Waals surface area contributed by atoms with Gasteiger partial charge in [-0.2, -0.15) is 4.98 Å². The molecule has 100 valence electrons. The van der Waals surface area contributed by atoms with Crippen LogP contribution in [0.2, 0.25) is 5.02 Å². The van der Waals surface area contributed by atoms with Crippen molar-refractivity contribution in [3.8, 4) is 5.75 Å². The van der Waals surface area contributed by atoms with Gasteiger partial charge in [0, 0.05) is 0 Å². The molecule has 2 rings (SSSR count). The van der Waals surface area contributed by atoms with Crippen LogP contribution in [0.25, 0.3) is 0 Å². The van der Waals surface area contributed by atoms with Gasteiger partial charge in [0.1, 0.15) is 11.6 Å². The van der Waals surface area contributed by atoms with Gasteiger partial charge in [-0.15, -0.1) is 5.10 Å². The van der Waals surface area contributed by atoms with E-state index in [2.05, 4.69) is 36.4 Å². The fourth-order valence-electron chi connectivity index (χ4n) is 1.19. The molecule has 0 bridgehead atoms. The van der Waals surface area contributed by atoms with Crippen molar-refractivity contribution in [3.63, 3.8) is 0 Å². The number of rotatable bonds is 4. The summed E-state index contributed by atoms with van der Waals surface area (Å²) < 4.78 is 18.3. The molecule has 2 aromatic rings. The van der Waals surface area contributed by atoms with Gasteiger partial charge in [-0.05, 0) is 34.1 Å². The third-order valence-electron chi connectivity index (χ3n) is 1.96. The highest BCUT2D eigenvalue weighted by Gasteiger charge is 2.09. The molecule has 1 aromatic carbocycles. The number of hydrogen-bond acceptors (Lipinski definition) is 4. The fourth-order valence-corrected chi connectivity index (χ4v) is 1.67. The minimum atomic E-state index is -0.479. The first-order valence-electron chi connectivity index (χ1n) is 5.00. The number of aromatic amines is 1. The maximum atomic E-state index is 12.8. The van der Waals surface area contributed by atoms with E-state index in [1.807, 2.05) is 0 Å². The Labute approximate surface area is 120 Å². The second-order valence-corrected chi connectivity index (χ2v) is 4.52. The van der Waals surface area contributed by atoms with E-state index >= 15 is 0 Å². The third-order valence-corrected chi connectivity index (χ3v) is 2.61. The SMILES string of the molecule is O=C(COc1ccc(F)cc1Cl)Nc1n[nH]c(Br)n1. The Morgan fingerprint density at radius 1 is 1.58 bits per heavy atom. The quantitative estimate of drug-likeness (QED) is 0.888. The lowest BCUT2D eigenvalue weighted by atomic mass is 10.3. The van der Waals surface area contributed by atoms with Gasteiger partial charge in [0.05, 0.1) is 5.02 Å². The Hall–Kier alpha value is -1.67. The molecule has 9 heteroatoms. The highest BCUT2D eigenvalue weighted by Crippen LogP contribution is 2.24. The lowest BCUT2D eigenvalue weighted by Gasteiger charge is -2.07. The van der Waals surface area contributed by atoms with Crippen molar-refractivity contribution in [2.24, 2.45) is 0 Å². The van der Waals surface area contributed by atoms with Gasteiger partial charge in [-0.25, -0.2) is 4.39 Å². The molecule has 1 heterocycles. The molecule has 0 aliphatic rings. The van der Waals surface area contributed by atoms with Crippen LogP contribution in [0.3, 0.4) is 0 Å². The van der Waals surface area contributed by atoms with E-state index in [0.29, 0.717) is 4.73 Å². The zero-order valence-electron chi connectivity index (χ0n) is 9.28. The topological polar surface area (TPSA) is 79.9 Å². The smallest absolute Gasteiger partial charge is 0.264 e. The van der Waals surface area contributed by atoms with Crippen LogP contribution >= 0.6 is 27.5 Å². The van der Waals surface area contributed by atoms with Crippen LogP contribution < -0.4 is 10.1 Å². The molecule has 1 aromatic heterocycles. The molecule has 0 aliphatic carbocycles. The lowest BCUT2D eigenvalue weighted by molar-refractivity contribution is -0.118. The van der Waals surface area contributed by atoms with Gasteiger partial charge in [-0.3, -0.25) is 15.2 Å². The van der Waals surface area contributed by atoms with Gasteiger partial charge in [-0.1, -0.05) is 11.6 Å². The van der Waals surface area contributed by atoms with Gasteiger partial charge in [0.25, 0.3) is 5.91 Å². The summed E-state index contributed by atoms with van der Waals surface area (Å²) in [5.41, 5.74) is 0. The van der Waals surface area contributed by atoms with Crippen molar-refractivity contribution in [1.29, 1.82) is 0 Å². The molecule has 0 fully saturated rings. The van der Waals surface area contributed by atoms with Gasteiger partial charge < -0.3 is 4.74 Å². The van der Waals surface area contributed by atoms with Gasteiger partial charge in [0.2, 0.25) is 5.95 Å². The summed E-state index contributed by atoms with van der Waals surface area (Å²) in [7, 11) is 0. The Kier molecular flexibility index (Phi) is 4.33. The molecule has 0 unspecified atom stereocenters. The summed E-state index contributed by atoms with van der Waals surface area (Å²) in [5, 5.41) is 8.68. The highest BCUT2D eigenvalue weighted by atomic mass is 79.9. The van der Waals surface area contributed by atoms with Crippen LogP contribution in [0.5, 0.6) is 5.75 Å². The molecular weight excluding hydrogens is 342 g/mol. The first-order valence-corrected chi connectivity index (χ1v) is 6.17. The third kappa shape index (κ3) is 3.90. The van der Waals surface area contributed by atoms with Crippen LogP contribution in [-0.4, -0.2) is 27.7 Å².